The summed E-state index contributed by atoms with van der Waals surface area (Å²) in [6.07, 6.45) is 1.73. The van der Waals surface area contributed by atoms with E-state index in [1.54, 1.807) is 12.1 Å². The van der Waals surface area contributed by atoms with E-state index in [9.17, 15) is 9.18 Å². The summed E-state index contributed by atoms with van der Waals surface area (Å²) in [5.74, 6) is -0.171. The van der Waals surface area contributed by atoms with Gasteiger partial charge in [0.2, 0.25) is 0 Å². The number of carbonyl (C=O) groups excluding carboxylic acids is 1. The molecule has 0 aliphatic heterocycles. The molecule has 1 aliphatic rings. The van der Waals surface area contributed by atoms with Gasteiger partial charge in [-0.2, -0.15) is 0 Å². The minimum Gasteiger partial charge on any atom is -0.373 e. The molecule has 0 saturated heterocycles. The number of benzene rings is 1. The zero-order chi connectivity index (χ0) is 12.4. The molecule has 1 aromatic carbocycles. The SMILES string of the molecule is COC(C(=O)Cc1ccc(Cl)cc1F)C1CC1. The maximum absolute atomic E-state index is 13.5. The molecule has 92 valence electrons. The highest BCUT2D eigenvalue weighted by molar-refractivity contribution is 6.30. The summed E-state index contributed by atoms with van der Waals surface area (Å²) in [6.45, 7) is 0. The van der Waals surface area contributed by atoms with Crippen molar-refractivity contribution in [2.75, 3.05) is 7.11 Å². The highest BCUT2D eigenvalue weighted by atomic mass is 35.5. The van der Waals surface area contributed by atoms with Gasteiger partial charge in [-0.25, -0.2) is 4.39 Å². The van der Waals surface area contributed by atoms with E-state index < -0.39 is 5.82 Å². The van der Waals surface area contributed by atoms with Crippen LogP contribution in [0.1, 0.15) is 18.4 Å². The monoisotopic (exact) mass is 256 g/mol. The number of halogens is 2. The second-order valence-corrected chi connectivity index (χ2v) is 4.81. The summed E-state index contributed by atoms with van der Waals surface area (Å²) in [6, 6.07) is 4.37. The van der Waals surface area contributed by atoms with Crippen LogP contribution < -0.4 is 0 Å². The Hall–Kier alpha value is -0.930. The number of hydrogen-bond donors (Lipinski definition) is 0. The summed E-state index contributed by atoms with van der Waals surface area (Å²) in [4.78, 5) is 11.9. The standard InChI is InChI=1S/C13H14ClFO2/c1-17-13(8-2-3-8)12(16)6-9-4-5-10(14)7-11(9)15/h4-5,7-8,13H,2-3,6H2,1H3. The third-order valence-electron chi connectivity index (χ3n) is 3.00. The lowest BCUT2D eigenvalue weighted by Crippen LogP contribution is -2.27. The summed E-state index contributed by atoms with van der Waals surface area (Å²) >= 11 is 5.65. The average molecular weight is 257 g/mol. The first-order chi connectivity index (χ1) is 8.11. The van der Waals surface area contributed by atoms with Crippen molar-refractivity contribution in [2.45, 2.75) is 25.4 Å². The van der Waals surface area contributed by atoms with Crippen molar-refractivity contribution >= 4 is 17.4 Å². The van der Waals surface area contributed by atoms with E-state index in [0.717, 1.165) is 12.8 Å². The molecule has 1 fully saturated rings. The van der Waals surface area contributed by atoms with Gasteiger partial charge < -0.3 is 4.74 Å². The first-order valence-electron chi connectivity index (χ1n) is 5.61. The number of rotatable bonds is 5. The summed E-state index contributed by atoms with van der Waals surface area (Å²) in [7, 11) is 1.53. The second-order valence-electron chi connectivity index (χ2n) is 4.37. The molecule has 17 heavy (non-hydrogen) atoms. The Morgan fingerprint density at radius 2 is 2.29 bits per heavy atom. The van der Waals surface area contributed by atoms with E-state index in [1.807, 2.05) is 0 Å². The Bertz CT molecular complexity index is 429. The number of hydrogen-bond acceptors (Lipinski definition) is 2. The smallest absolute Gasteiger partial charge is 0.166 e. The van der Waals surface area contributed by atoms with Crippen molar-refractivity contribution < 1.29 is 13.9 Å². The zero-order valence-corrected chi connectivity index (χ0v) is 10.3. The van der Waals surface area contributed by atoms with Gasteiger partial charge in [0.1, 0.15) is 11.9 Å². The minimum atomic E-state index is -0.434. The molecule has 1 aliphatic carbocycles. The molecule has 1 saturated carbocycles. The van der Waals surface area contributed by atoms with Crippen molar-refractivity contribution in [1.82, 2.24) is 0 Å². The Labute approximate surface area is 105 Å². The van der Waals surface area contributed by atoms with Crippen LogP contribution in [0.2, 0.25) is 5.02 Å². The minimum absolute atomic E-state index is 0.0591. The van der Waals surface area contributed by atoms with Crippen LogP contribution in [0.3, 0.4) is 0 Å². The molecule has 4 heteroatoms. The first-order valence-corrected chi connectivity index (χ1v) is 5.99. The number of Topliss-reactive ketones (excluding diaryl/α,β-unsaturated/α-hetero) is 1. The van der Waals surface area contributed by atoms with Crippen LogP contribution in [0.4, 0.5) is 4.39 Å². The van der Waals surface area contributed by atoms with Gasteiger partial charge in [0.05, 0.1) is 0 Å². The van der Waals surface area contributed by atoms with Crippen LogP contribution in [0.15, 0.2) is 18.2 Å². The fourth-order valence-electron chi connectivity index (χ4n) is 1.94. The summed E-state index contributed by atoms with van der Waals surface area (Å²) in [5.41, 5.74) is 0.377. The van der Waals surface area contributed by atoms with Crippen LogP contribution in [0.25, 0.3) is 0 Å². The van der Waals surface area contributed by atoms with Gasteiger partial charge >= 0.3 is 0 Å². The highest BCUT2D eigenvalue weighted by Crippen LogP contribution is 2.35. The molecule has 2 rings (SSSR count). The Balaban J connectivity index is 2.06. The fraction of sp³-hybridized carbons (Fsp3) is 0.462. The van der Waals surface area contributed by atoms with Crippen LogP contribution >= 0.6 is 11.6 Å². The van der Waals surface area contributed by atoms with Gasteiger partial charge in [-0.15, -0.1) is 0 Å². The van der Waals surface area contributed by atoms with Crippen LogP contribution in [0.5, 0.6) is 0 Å². The Morgan fingerprint density at radius 3 is 2.82 bits per heavy atom. The third kappa shape index (κ3) is 3.05. The molecule has 2 nitrogen and oxygen atoms in total. The normalized spacial score (nSPS) is 16.9. The van der Waals surface area contributed by atoms with Crippen LogP contribution in [0, 0.1) is 11.7 Å². The van der Waals surface area contributed by atoms with E-state index in [1.165, 1.54) is 13.2 Å². The first kappa shape index (κ1) is 12.5. The number of methoxy groups -OCH3 is 1. The lowest BCUT2D eigenvalue weighted by molar-refractivity contribution is -0.129. The molecule has 0 aromatic heterocycles. The predicted octanol–water partition coefficient (Wildman–Crippen LogP) is 3.02. The topological polar surface area (TPSA) is 26.3 Å². The third-order valence-corrected chi connectivity index (χ3v) is 3.24. The molecule has 0 radical (unpaired) electrons. The highest BCUT2D eigenvalue weighted by Gasteiger charge is 2.36. The quantitative estimate of drug-likeness (QED) is 0.810. The van der Waals surface area contributed by atoms with Gasteiger partial charge in [-0.1, -0.05) is 17.7 Å². The van der Waals surface area contributed by atoms with Crippen LogP contribution in [-0.4, -0.2) is 19.0 Å². The molecular weight excluding hydrogens is 243 g/mol. The van der Waals surface area contributed by atoms with E-state index in [2.05, 4.69) is 0 Å². The Morgan fingerprint density at radius 1 is 1.59 bits per heavy atom. The molecule has 0 heterocycles. The van der Waals surface area contributed by atoms with Crippen molar-refractivity contribution in [3.05, 3.63) is 34.6 Å². The number of carbonyl (C=O) groups is 1. The zero-order valence-electron chi connectivity index (χ0n) is 9.58. The fourth-order valence-corrected chi connectivity index (χ4v) is 2.10. The molecular formula is C13H14ClFO2. The molecule has 1 unspecified atom stereocenters. The summed E-state index contributed by atoms with van der Waals surface area (Å²) < 4.78 is 18.7. The maximum atomic E-state index is 13.5. The van der Waals surface area contributed by atoms with Crippen molar-refractivity contribution in [2.24, 2.45) is 5.92 Å². The number of ether oxygens (including phenoxy) is 1. The van der Waals surface area contributed by atoms with E-state index in [0.29, 0.717) is 16.5 Å². The van der Waals surface area contributed by atoms with E-state index >= 15 is 0 Å². The molecule has 0 amide bonds. The lowest BCUT2D eigenvalue weighted by Gasteiger charge is -2.13. The largest absolute Gasteiger partial charge is 0.373 e. The number of ketones is 1. The molecule has 0 N–H and O–H groups in total. The van der Waals surface area contributed by atoms with E-state index in [4.69, 9.17) is 16.3 Å². The maximum Gasteiger partial charge on any atom is 0.166 e. The van der Waals surface area contributed by atoms with Crippen molar-refractivity contribution in [1.29, 1.82) is 0 Å². The molecule has 0 bridgehead atoms. The Kier molecular flexibility index (Phi) is 3.79. The van der Waals surface area contributed by atoms with Crippen LogP contribution in [-0.2, 0) is 16.0 Å². The van der Waals surface area contributed by atoms with Gasteiger partial charge in [-0.3, -0.25) is 4.79 Å². The van der Waals surface area contributed by atoms with Crippen molar-refractivity contribution in [3.8, 4) is 0 Å². The average Bonchev–Trinajstić information content (AvgIpc) is 3.08. The summed E-state index contributed by atoms with van der Waals surface area (Å²) in [5, 5.41) is 0.337. The van der Waals surface area contributed by atoms with Gasteiger partial charge in [0.25, 0.3) is 0 Å². The van der Waals surface area contributed by atoms with Crippen molar-refractivity contribution in [3.63, 3.8) is 0 Å². The van der Waals surface area contributed by atoms with Gasteiger partial charge in [0.15, 0.2) is 5.78 Å². The van der Waals surface area contributed by atoms with Gasteiger partial charge in [-0.05, 0) is 36.5 Å². The van der Waals surface area contributed by atoms with Gasteiger partial charge in [0, 0.05) is 18.6 Å². The molecule has 0 spiro atoms. The molecule has 1 atom stereocenters. The molecule has 1 aromatic rings. The second kappa shape index (κ2) is 5.15. The van der Waals surface area contributed by atoms with E-state index in [-0.39, 0.29) is 18.3 Å². The predicted molar refractivity (Wildman–Crippen MR) is 63.6 cm³/mol. The lowest BCUT2D eigenvalue weighted by atomic mass is 10.0.